The molecule has 0 bridgehead atoms. The highest BCUT2D eigenvalue weighted by molar-refractivity contribution is 6.20. The summed E-state index contributed by atoms with van der Waals surface area (Å²) < 4.78 is 8.04. The molecule has 2 aliphatic rings. The minimum Gasteiger partial charge on any atom is -0.375 e. The Kier molecular flexibility index (Phi) is 3.32. The third kappa shape index (κ3) is 2.28. The lowest BCUT2D eigenvalue weighted by Gasteiger charge is -2.38. The van der Waals surface area contributed by atoms with E-state index in [0.717, 1.165) is 25.1 Å². The van der Waals surface area contributed by atoms with Crippen molar-refractivity contribution in [1.29, 1.82) is 0 Å². The molecule has 1 aromatic rings. The number of hydrogen-bond acceptors (Lipinski definition) is 3. The summed E-state index contributed by atoms with van der Waals surface area (Å²) in [7, 11) is 0. The van der Waals surface area contributed by atoms with Gasteiger partial charge < -0.3 is 4.74 Å². The first-order valence-electron chi connectivity index (χ1n) is 6.88. The Labute approximate surface area is 113 Å². The number of nitrogens with zero attached hydrogens (tertiary/aromatic N) is 3. The monoisotopic (exact) mass is 269 g/mol. The maximum atomic E-state index is 6.04. The zero-order valence-electron chi connectivity index (χ0n) is 10.8. The van der Waals surface area contributed by atoms with Crippen molar-refractivity contribution in [2.24, 2.45) is 0 Å². The zero-order chi connectivity index (χ0) is 12.6. The fourth-order valence-corrected chi connectivity index (χ4v) is 3.35. The van der Waals surface area contributed by atoms with Crippen molar-refractivity contribution in [2.75, 3.05) is 6.61 Å². The van der Waals surface area contributed by atoms with Gasteiger partial charge in [0.25, 0.3) is 0 Å². The van der Waals surface area contributed by atoms with Crippen LogP contribution in [0.25, 0.3) is 0 Å². The molecule has 5 heteroatoms. The van der Waals surface area contributed by atoms with Crippen LogP contribution in [0.1, 0.15) is 62.6 Å². The summed E-state index contributed by atoms with van der Waals surface area (Å²) in [6.07, 6.45) is 9.11. The van der Waals surface area contributed by atoms with Crippen molar-refractivity contribution < 1.29 is 4.74 Å². The SMILES string of the molecule is CC(Cl)c1cn(C2CCOC3(CCCC3)C2)nn1. The Morgan fingerprint density at radius 1 is 1.50 bits per heavy atom. The van der Waals surface area contributed by atoms with Crippen LogP contribution >= 0.6 is 11.6 Å². The number of ether oxygens (including phenoxy) is 1. The summed E-state index contributed by atoms with van der Waals surface area (Å²) in [6.45, 7) is 2.77. The zero-order valence-corrected chi connectivity index (χ0v) is 11.6. The van der Waals surface area contributed by atoms with Crippen LogP contribution in [0.3, 0.4) is 0 Å². The van der Waals surface area contributed by atoms with E-state index in [1.807, 2.05) is 17.8 Å². The molecule has 2 fully saturated rings. The number of rotatable bonds is 2. The lowest BCUT2D eigenvalue weighted by molar-refractivity contribution is -0.0911. The molecule has 2 heterocycles. The second-order valence-corrected chi connectivity index (χ2v) is 6.28. The minimum absolute atomic E-state index is 0.0703. The van der Waals surface area contributed by atoms with Gasteiger partial charge in [-0.2, -0.15) is 0 Å². The number of halogens is 1. The van der Waals surface area contributed by atoms with E-state index in [2.05, 4.69) is 10.3 Å². The van der Waals surface area contributed by atoms with Gasteiger partial charge in [0.2, 0.25) is 0 Å². The van der Waals surface area contributed by atoms with Gasteiger partial charge in [0.1, 0.15) is 5.69 Å². The van der Waals surface area contributed by atoms with Crippen LogP contribution in [0.2, 0.25) is 0 Å². The third-order valence-electron chi connectivity index (χ3n) is 4.29. The van der Waals surface area contributed by atoms with E-state index in [1.165, 1.54) is 25.7 Å². The van der Waals surface area contributed by atoms with Crippen LogP contribution in [-0.2, 0) is 4.74 Å². The lowest BCUT2D eigenvalue weighted by atomic mass is 9.89. The van der Waals surface area contributed by atoms with Crippen molar-refractivity contribution in [3.63, 3.8) is 0 Å². The van der Waals surface area contributed by atoms with E-state index < -0.39 is 0 Å². The van der Waals surface area contributed by atoms with E-state index in [-0.39, 0.29) is 11.0 Å². The minimum atomic E-state index is -0.0703. The van der Waals surface area contributed by atoms with E-state index in [1.54, 1.807) is 0 Å². The van der Waals surface area contributed by atoms with E-state index in [4.69, 9.17) is 16.3 Å². The van der Waals surface area contributed by atoms with Crippen LogP contribution in [0.5, 0.6) is 0 Å². The first-order valence-corrected chi connectivity index (χ1v) is 7.32. The fraction of sp³-hybridized carbons (Fsp3) is 0.846. The topological polar surface area (TPSA) is 39.9 Å². The molecule has 1 spiro atoms. The van der Waals surface area contributed by atoms with Gasteiger partial charge in [-0.3, -0.25) is 0 Å². The predicted octanol–water partition coefficient (Wildman–Crippen LogP) is 3.24. The van der Waals surface area contributed by atoms with Gasteiger partial charge in [0.05, 0.1) is 23.2 Å². The van der Waals surface area contributed by atoms with Crippen LogP contribution < -0.4 is 0 Å². The molecule has 2 unspecified atom stereocenters. The van der Waals surface area contributed by atoms with Crippen molar-refractivity contribution >= 4 is 11.6 Å². The highest BCUT2D eigenvalue weighted by Crippen LogP contribution is 2.43. The van der Waals surface area contributed by atoms with E-state index in [0.29, 0.717) is 6.04 Å². The summed E-state index contributed by atoms with van der Waals surface area (Å²) in [4.78, 5) is 0. The van der Waals surface area contributed by atoms with Crippen molar-refractivity contribution in [3.8, 4) is 0 Å². The first-order chi connectivity index (χ1) is 8.69. The Hall–Kier alpha value is -0.610. The molecule has 2 atom stereocenters. The predicted molar refractivity (Wildman–Crippen MR) is 69.7 cm³/mol. The van der Waals surface area contributed by atoms with Gasteiger partial charge in [-0.05, 0) is 32.6 Å². The number of hydrogen-bond donors (Lipinski definition) is 0. The number of alkyl halides is 1. The van der Waals surface area contributed by atoms with Crippen LogP contribution in [-0.4, -0.2) is 27.2 Å². The molecule has 1 saturated carbocycles. The van der Waals surface area contributed by atoms with Crippen molar-refractivity contribution in [3.05, 3.63) is 11.9 Å². The largest absolute Gasteiger partial charge is 0.375 e. The maximum Gasteiger partial charge on any atom is 0.100 e. The highest BCUT2D eigenvalue weighted by Gasteiger charge is 2.40. The molecule has 1 aromatic heterocycles. The molecule has 0 radical (unpaired) electrons. The highest BCUT2D eigenvalue weighted by atomic mass is 35.5. The summed E-state index contributed by atoms with van der Waals surface area (Å²) in [6, 6.07) is 0.425. The van der Waals surface area contributed by atoms with Crippen LogP contribution in [0.15, 0.2) is 6.20 Å². The first kappa shape index (κ1) is 12.4. The van der Waals surface area contributed by atoms with Gasteiger partial charge >= 0.3 is 0 Å². The van der Waals surface area contributed by atoms with E-state index >= 15 is 0 Å². The molecule has 1 aliphatic heterocycles. The molecular weight excluding hydrogens is 250 g/mol. The normalized spacial score (nSPS) is 28.7. The van der Waals surface area contributed by atoms with Crippen LogP contribution in [0, 0.1) is 0 Å². The molecule has 0 aromatic carbocycles. The van der Waals surface area contributed by atoms with Crippen molar-refractivity contribution in [2.45, 2.75) is 62.5 Å². The summed E-state index contributed by atoms with van der Waals surface area (Å²) in [5, 5.41) is 8.32. The second kappa shape index (κ2) is 4.82. The molecule has 100 valence electrons. The standard InChI is InChI=1S/C13H20ClN3O/c1-10(14)12-9-17(16-15-12)11-4-7-18-13(8-11)5-2-3-6-13/h9-11H,2-8H2,1H3. The fourth-order valence-electron chi connectivity index (χ4n) is 3.25. The number of aromatic nitrogens is 3. The van der Waals surface area contributed by atoms with Crippen LogP contribution in [0.4, 0.5) is 0 Å². The van der Waals surface area contributed by atoms with Gasteiger partial charge in [-0.15, -0.1) is 16.7 Å². The maximum absolute atomic E-state index is 6.04. The molecule has 4 nitrogen and oxygen atoms in total. The Balaban J connectivity index is 1.75. The summed E-state index contributed by atoms with van der Waals surface area (Å²) in [5.74, 6) is 0. The third-order valence-corrected chi connectivity index (χ3v) is 4.52. The van der Waals surface area contributed by atoms with Gasteiger partial charge in [0.15, 0.2) is 0 Å². The van der Waals surface area contributed by atoms with Gasteiger partial charge in [-0.1, -0.05) is 18.1 Å². The van der Waals surface area contributed by atoms with Gasteiger partial charge in [0, 0.05) is 6.61 Å². The second-order valence-electron chi connectivity index (χ2n) is 5.62. The lowest BCUT2D eigenvalue weighted by Crippen LogP contribution is -2.38. The Morgan fingerprint density at radius 2 is 2.28 bits per heavy atom. The molecular formula is C13H20ClN3O. The molecule has 1 aliphatic carbocycles. The Morgan fingerprint density at radius 3 is 2.94 bits per heavy atom. The summed E-state index contributed by atoms with van der Waals surface area (Å²) in [5.41, 5.74) is 0.991. The molecule has 18 heavy (non-hydrogen) atoms. The molecule has 0 N–H and O–H groups in total. The summed E-state index contributed by atoms with van der Waals surface area (Å²) >= 11 is 6.04. The average Bonchev–Trinajstić information content (AvgIpc) is 2.98. The average molecular weight is 270 g/mol. The molecule has 1 saturated heterocycles. The molecule has 0 amide bonds. The van der Waals surface area contributed by atoms with Crippen molar-refractivity contribution in [1.82, 2.24) is 15.0 Å². The Bertz CT molecular complexity index is 412. The quantitative estimate of drug-likeness (QED) is 0.774. The molecule has 3 rings (SSSR count). The van der Waals surface area contributed by atoms with E-state index in [9.17, 15) is 0 Å². The smallest absolute Gasteiger partial charge is 0.100 e. The van der Waals surface area contributed by atoms with Gasteiger partial charge in [-0.25, -0.2) is 4.68 Å².